The highest BCUT2D eigenvalue weighted by Crippen LogP contribution is 2.15. The minimum atomic E-state index is -0.326. The molecule has 0 aliphatic carbocycles. The van der Waals surface area contributed by atoms with E-state index in [-0.39, 0.29) is 23.9 Å². The fourth-order valence-electron chi connectivity index (χ4n) is 2.19. The number of carbonyl (C=O) groups excluding carboxylic acids is 2. The maximum atomic E-state index is 12.3. The van der Waals surface area contributed by atoms with Gasteiger partial charge in [-0.2, -0.15) is 0 Å². The Bertz CT molecular complexity index is 723. The molecule has 0 bridgehead atoms. The number of nitrogens with zero attached hydrogens (tertiary/aromatic N) is 2. The van der Waals surface area contributed by atoms with Crippen LogP contribution < -0.4 is 5.32 Å². The van der Waals surface area contributed by atoms with Gasteiger partial charge in [-0.05, 0) is 39.8 Å². The van der Waals surface area contributed by atoms with Gasteiger partial charge < -0.3 is 14.6 Å². The van der Waals surface area contributed by atoms with Gasteiger partial charge in [0.05, 0.1) is 6.54 Å². The van der Waals surface area contributed by atoms with Crippen LogP contribution in [0.2, 0.25) is 0 Å². The lowest BCUT2D eigenvalue weighted by atomic mass is 10.1. The number of hydrogen-bond acceptors (Lipinski definition) is 4. The molecular weight excluding hydrogens is 306 g/mol. The summed E-state index contributed by atoms with van der Waals surface area (Å²) in [5, 5.41) is 2.84. The van der Waals surface area contributed by atoms with E-state index in [1.165, 1.54) is 17.1 Å². The predicted molar refractivity (Wildman–Crippen MR) is 93.2 cm³/mol. The minimum absolute atomic E-state index is 0.0184. The zero-order valence-corrected chi connectivity index (χ0v) is 14.5. The van der Waals surface area contributed by atoms with Crippen molar-refractivity contribution in [3.8, 4) is 0 Å². The number of rotatable bonds is 5. The molecular formula is C18H23N3O3. The summed E-state index contributed by atoms with van der Waals surface area (Å²) < 4.78 is 5.53. The van der Waals surface area contributed by atoms with Gasteiger partial charge >= 0.3 is 0 Å². The van der Waals surface area contributed by atoms with Crippen molar-refractivity contribution in [1.29, 1.82) is 0 Å². The van der Waals surface area contributed by atoms with Crippen LogP contribution in [0.5, 0.6) is 0 Å². The highest BCUT2D eigenvalue weighted by Gasteiger charge is 2.18. The Labute approximate surface area is 141 Å². The predicted octanol–water partition coefficient (Wildman–Crippen LogP) is 2.60. The van der Waals surface area contributed by atoms with E-state index < -0.39 is 0 Å². The minimum Gasteiger partial charge on any atom is -0.437 e. The number of para-hydroxylation sites is 2. The van der Waals surface area contributed by atoms with Gasteiger partial charge in [0, 0.05) is 24.2 Å². The molecule has 0 aliphatic heterocycles. The van der Waals surface area contributed by atoms with Crippen LogP contribution in [0.4, 0.5) is 0 Å². The molecule has 0 saturated carbocycles. The second kappa shape index (κ2) is 7.29. The summed E-state index contributed by atoms with van der Waals surface area (Å²) in [6.07, 6.45) is 2.89. The molecule has 0 radical (unpaired) electrons. The Morgan fingerprint density at radius 1 is 1.29 bits per heavy atom. The molecule has 128 valence electrons. The summed E-state index contributed by atoms with van der Waals surface area (Å²) in [5.74, 6) is -0.0866. The van der Waals surface area contributed by atoms with Crippen molar-refractivity contribution in [2.75, 3.05) is 13.1 Å². The molecule has 2 amide bonds. The SMILES string of the molecule is CCN(CC(=O)NC(C)(C)C)C(=O)/C=C/c1nc2ccccc2o1. The van der Waals surface area contributed by atoms with Crippen LogP contribution in [0.3, 0.4) is 0 Å². The number of aromatic nitrogens is 1. The summed E-state index contributed by atoms with van der Waals surface area (Å²) in [6.45, 7) is 7.98. The van der Waals surface area contributed by atoms with Crippen LogP contribution >= 0.6 is 0 Å². The van der Waals surface area contributed by atoms with E-state index in [9.17, 15) is 9.59 Å². The van der Waals surface area contributed by atoms with E-state index in [1.54, 1.807) is 0 Å². The standard InChI is InChI=1S/C18H23N3O3/c1-5-21(12-15(22)20-18(2,3)4)17(23)11-10-16-19-13-8-6-7-9-14(13)24-16/h6-11H,5,12H2,1-4H3,(H,20,22)/b11-10+. The third kappa shape index (κ3) is 4.94. The molecule has 0 aliphatic rings. The summed E-state index contributed by atoms with van der Waals surface area (Å²) in [4.78, 5) is 30.0. The number of nitrogens with one attached hydrogen (secondary N) is 1. The van der Waals surface area contributed by atoms with Gasteiger partial charge in [0.15, 0.2) is 5.58 Å². The highest BCUT2D eigenvalue weighted by atomic mass is 16.3. The molecule has 1 aromatic carbocycles. The molecule has 6 nitrogen and oxygen atoms in total. The number of oxazole rings is 1. The van der Waals surface area contributed by atoms with E-state index in [1.807, 2.05) is 52.0 Å². The van der Waals surface area contributed by atoms with Gasteiger partial charge in [0.2, 0.25) is 17.7 Å². The average Bonchev–Trinajstić information content (AvgIpc) is 2.91. The van der Waals surface area contributed by atoms with Crippen molar-refractivity contribution in [1.82, 2.24) is 15.2 Å². The normalized spacial score (nSPS) is 11.8. The Balaban J connectivity index is 2.01. The number of benzene rings is 1. The molecule has 1 aromatic heterocycles. The van der Waals surface area contributed by atoms with Crippen molar-refractivity contribution in [3.05, 3.63) is 36.2 Å². The number of amides is 2. The Morgan fingerprint density at radius 2 is 2.00 bits per heavy atom. The summed E-state index contributed by atoms with van der Waals surface area (Å²) >= 11 is 0. The fraction of sp³-hybridized carbons (Fsp3) is 0.389. The fourth-order valence-corrected chi connectivity index (χ4v) is 2.19. The van der Waals surface area contributed by atoms with Crippen LogP contribution in [-0.4, -0.2) is 40.3 Å². The van der Waals surface area contributed by atoms with Crippen LogP contribution in [0, 0.1) is 0 Å². The van der Waals surface area contributed by atoms with Crippen molar-refractivity contribution in [2.45, 2.75) is 33.2 Å². The summed E-state index contributed by atoms with van der Waals surface area (Å²) in [5.41, 5.74) is 1.08. The monoisotopic (exact) mass is 329 g/mol. The molecule has 1 heterocycles. The van der Waals surface area contributed by atoms with Gasteiger partial charge in [0.1, 0.15) is 5.52 Å². The van der Waals surface area contributed by atoms with E-state index in [0.717, 1.165) is 5.52 Å². The summed E-state index contributed by atoms with van der Waals surface area (Å²) in [6, 6.07) is 7.39. The van der Waals surface area contributed by atoms with Crippen LogP contribution in [0.1, 0.15) is 33.6 Å². The lowest BCUT2D eigenvalue weighted by Crippen LogP contribution is -2.47. The van der Waals surface area contributed by atoms with E-state index in [0.29, 0.717) is 18.0 Å². The molecule has 0 saturated heterocycles. The molecule has 0 unspecified atom stereocenters. The molecule has 2 aromatic rings. The van der Waals surface area contributed by atoms with Gasteiger partial charge in [-0.25, -0.2) is 4.98 Å². The first-order chi connectivity index (χ1) is 11.3. The Hall–Kier alpha value is -2.63. The number of carbonyl (C=O) groups is 2. The van der Waals surface area contributed by atoms with Crippen LogP contribution in [0.25, 0.3) is 17.2 Å². The largest absolute Gasteiger partial charge is 0.437 e. The smallest absolute Gasteiger partial charge is 0.247 e. The zero-order chi connectivity index (χ0) is 17.7. The Morgan fingerprint density at radius 3 is 2.62 bits per heavy atom. The molecule has 0 atom stereocenters. The third-order valence-electron chi connectivity index (χ3n) is 3.22. The lowest BCUT2D eigenvalue weighted by molar-refractivity contribution is -0.132. The lowest BCUT2D eigenvalue weighted by Gasteiger charge is -2.24. The highest BCUT2D eigenvalue weighted by molar-refractivity contribution is 5.94. The number of fused-ring (bicyclic) bond motifs is 1. The first-order valence-corrected chi connectivity index (χ1v) is 7.92. The topological polar surface area (TPSA) is 75.4 Å². The zero-order valence-electron chi connectivity index (χ0n) is 14.5. The second-order valence-electron chi connectivity index (χ2n) is 6.50. The number of likely N-dealkylation sites (N-methyl/N-ethyl adjacent to an activating group) is 1. The first kappa shape index (κ1) is 17.7. The van der Waals surface area contributed by atoms with Crippen molar-refractivity contribution in [2.24, 2.45) is 0 Å². The van der Waals surface area contributed by atoms with Gasteiger partial charge in [0.25, 0.3) is 0 Å². The third-order valence-corrected chi connectivity index (χ3v) is 3.22. The molecule has 0 spiro atoms. The average molecular weight is 329 g/mol. The first-order valence-electron chi connectivity index (χ1n) is 7.92. The molecule has 2 rings (SSSR count). The van der Waals surface area contributed by atoms with Crippen LogP contribution in [0.15, 0.2) is 34.8 Å². The van der Waals surface area contributed by atoms with Crippen molar-refractivity contribution < 1.29 is 14.0 Å². The van der Waals surface area contributed by atoms with Crippen LogP contribution in [-0.2, 0) is 9.59 Å². The molecule has 6 heteroatoms. The van der Waals surface area contributed by atoms with Gasteiger partial charge in [-0.1, -0.05) is 12.1 Å². The molecule has 24 heavy (non-hydrogen) atoms. The number of hydrogen-bond donors (Lipinski definition) is 1. The van der Waals surface area contributed by atoms with E-state index in [4.69, 9.17) is 4.42 Å². The maximum absolute atomic E-state index is 12.3. The molecule has 1 N–H and O–H groups in total. The van der Waals surface area contributed by atoms with Crippen molar-refractivity contribution >= 4 is 29.0 Å². The van der Waals surface area contributed by atoms with E-state index >= 15 is 0 Å². The quantitative estimate of drug-likeness (QED) is 0.856. The maximum Gasteiger partial charge on any atom is 0.247 e. The second-order valence-corrected chi connectivity index (χ2v) is 6.50. The molecule has 0 fully saturated rings. The Kier molecular flexibility index (Phi) is 5.39. The van der Waals surface area contributed by atoms with Gasteiger partial charge in [-0.15, -0.1) is 0 Å². The van der Waals surface area contributed by atoms with E-state index in [2.05, 4.69) is 10.3 Å². The summed E-state index contributed by atoms with van der Waals surface area (Å²) in [7, 11) is 0. The van der Waals surface area contributed by atoms with Crippen molar-refractivity contribution in [3.63, 3.8) is 0 Å². The van der Waals surface area contributed by atoms with Gasteiger partial charge in [-0.3, -0.25) is 9.59 Å².